The average molecular weight is 249 g/mol. The van der Waals surface area contributed by atoms with Crippen molar-refractivity contribution >= 4 is 5.97 Å². The van der Waals surface area contributed by atoms with Crippen molar-refractivity contribution in [2.24, 2.45) is 5.73 Å². The zero-order valence-electron chi connectivity index (χ0n) is 8.82. The number of nitrogens with two attached hydrogens (primary N) is 1. The Hall–Kier alpha value is -1.76. The number of carbonyl (C=O) groups excluding carboxylic acids is 1. The molecule has 0 radical (unpaired) electrons. The van der Waals surface area contributed by atoms with Crippen molar-refractivity contribution in [2.75, 3.05) is 7.11 Å². The highest BCUT2D eigenvalue weighted by atomic mass is 19.4. The summed E-state index contributed by atoms with van der Waals surface area (Å²) in [4.78, 5) is 11.1. The van der Waals surface area contributed by atoms with Crippen LogP contribution in [0.15, 0.2) is 24.3 Å². The number of esters is 1. The van der Waals surface area contributed by atoms with Crippen LogP contribution in [0.2, 0.25) is 0 Å². The van der Waals surface area contributed by atoms with E-state index < -0.39 is 24.1 Å². The van der Waals surface area contributed by atoms with Gasteiger partial charge in [0.1, 0.15) is 11.8 Å². The summed E-state index contributed by atoms with van der Waals surface area (Å²) in [5.41, 5.74) is 5.65. The molecule has 0 spiro atoms. The molecule has 0 saturated carbocycles. The molecule has 2 N–H and O–H groups in total. The molecule has 1 rings (SSSR count). The Kier molecular flexibility index (Phi) is 3.95. The topological polar surface area (TPSA) is 61.5 Å². The quantitative estimate of drug-likeness (QED) is 0.829. The Labute approximate surface area is 95.1 Å². The van der Waals surface area contributed by atoms with E-state index in [0.717, 1.165) is 19.2 Å². The summed E-state index contributed by atoms with van der Waals surface area (Å²) in [6.07, 6.45) is -4.78. The zero-order chi connectivity index (χ0) is 13.1. The summed E-state index contributed by atoms with van der Waals surface area (Å²) in [5.74, 6) is -1.18. The van der Waals surface area contributed by atoms with Crippen molar-refractivity contribution < 1.29 is 27.4 Å². The van der Waals surface area contributed by atoms with Crippen LogP contribution in [0, 0.1) is 0 Å². The van der Waals surface area contributed by atoms with Crippen LogP contribution >= 0.6 is 0 Å². The van der Waals surface area contributed by atoms with Crippen LogP contribution in [0.1, 0.15) is 11.6 Å². The summed E-state index contributed by atoms with van der Waals surface area (Å²) >= 11 is 0. The van der Waals surface area contributed by atoms with E-state index in [1.165, 1.54) is 12.1 Å². The van der Waals surface area contributed by atoms with Crippen molar-refractivity contribution in [2.45, 2.75) is 12.4 Å². The highest BCUT2D eigenvalue weighted by Gasteiger charge is 2.31. The molecule has 0 aliphatic rings. The first-order valence-electron chi connectivity index (χ1n) is 4.52. The average Bonchev–Trinajstić information content (AvgIpc) is 2.25. The predicted molar refractivity (Wildman–Crippen MR) is 52.1 cm³/mol. The second-order valence-electron chi connectivity index (χ2n) is 3.12. The Morgan fingerprint density at radius 3 is 2.59 bits per heavy atom. The van der Waals surface area contributed by atoms with E-state index in [1.807, 2.05) is 0 Å². The lowest BCUT2D eigenvalue weighted by molar-refractivity contribution is -0.274. The molecule has 0 bridgehead atoms. The lowest BCUT2D eigenvalue weighted by Crippen LogP contribution is -2.23. The minimum Gasteiger partial charge on any atom is -0.468 e. The van der Waals surface area contributed by atoms with Gasteiger partial charge in [0.25, 0.3) is 0 Å². The van der Waals surface area contributed by atoms with Gasteiger partial charge in [-0.05, 0) is 17.7 Å². The van der Waals surface area contributed by atoms with Gasteiger partial charge in [0, 0.05) is 0 Å². The maximum Gasteiger partial charge on any atom is 0.573 e. The minimum absolute atomic E-state index is 0.179. The van der Waals surface area contributed by atoms with Crippen molar-refractivity contribution in [3.05, 3.63) is 29.8 Å². The van der Waals surface area contributed by atoms with Gasteiger partial charge in [0.15, 0.2) is 0 Å². The maximum absolute atomic E-state index is 12.0. The molecule has 0 aliphatic heterocycles. The largest absolute Gasteiger partial charge is 0.573 e. The monoisotopic (exact) mass is 249 g/mol. The third kappa shape index (κ3) is 3.95. The Morgan fingerprint density at radius 2 is 2.06 bits per heavy atom. The molecule has 0 amide bonds. The van der Waals surface area contributed by atoms with Gasteiger partial charge in [-0.25, -0.2) is 0 Å². The van der Waals surface area contributed by atoms with Gasteiger partial charge in [-0.3, -0.25) is 4.79 Å². The standard InChI is InChI=1S/C10H10F3NO3/c1-16-9(15)8(14)6-3-2-4-7(5-6)17-10(11,12)13/h2-5,8H,14H2,1H3. The molecular formula is C10H10F3NO3. The smallest absolute Gasteiger partial charge is 0.468 e. The van der Waals surface area contributed by atoms with Gasteiger partial charge >= 0.3 is 12.3 Å². The van der Waals surface area contributed by atoms with Gasteiger partial charge in [0.2, 0.25) is 0 Å². The van der Waals surface area contributed by atoms with E-state index >= 15 is 0 Å². The highest BCUT2D eigenvalue weighted by molar-refractivity contribution is 5.77. The molecule has 0 aliphatic carbocycles. The molecule has 94 valence electrons. The second kappa shape index (κ2) is 5.05. The molecule has 4 nitrogen and oxygen atoms in total. The summed E-state index contributed by atoms with van der Waals surface area (Å²) < 4.78 is 43.9. The number of ether oxygens (including phenoxy) is 2. The zero-order valence-corrected chi connectivity index (χ0v) is 8.82. The van der Waals surface area contributed by atoms with E-state index in [9.17, 15) is 18.0 Å². The third-order valence-electron chi connectivity index (χ3n) is 1.91. The number of benzene rings is 1. The molecule has 0 heterocycles. The molecular weight excluding hydrogens is 239 g/mol. The number of hydrogen-bond acceptors (Lipinski definition) is 4. The van der Waals surface area contributed by atoms with E-state index in [2.05, 4.69) is 9.47 Å². The maximum atomic E-state index is 12.0. The van der Waals surface area contributed by atoms with Crippen molar-refractivity contribution in [3.63, 3.8) is 0 Å². The number of alkyl halides is 3. The van der Waals surface area contributed by atoms with E-state index in [-0.39, 0.29) is 5.56 Å². The van der Waals surface area contributed by atoms with E-state index in [1.54, 1.807) is 0 Å². The lowest BCUT2D eigenvalue weighted by atomic mass is 10.1. The normalized spacial score (nSPS) is 13.0. The van der Waals surface area contributed by atoms with Crippen LogP contribution in [0.25, 0.3) is 0 Å². The highest BCUT2D eigenvalue weighted by Crippen LogP contribution is 2.25. The minimum atomic E-state index is -4.78. The number of rotatable bonds is 3. The van der Waals surface area contributed by atoms with Crippen molar-refractivity contribution in [1.82, 2.24) is 0 Å². The second-order valence-corrected chi connectivity index (χ2v) is 3.12. The Balaban J connectivity index is 2.89. The first-order chi connectivity index (χ1) is 7.83. The van der Waals surface area contributed by atoms with Crippen LogP contribution < -0.4 is 10.5 Å². The van der Waals surface area contributed by atoms with Gasteiger partial charge in [-0.1, -0.05) is 12.1 Å². The number of carbonyl (C=O) groups is 1. The molecule has 0 aromatic heterocycles. The number of halogens is 3. The number of methoxy groups -OCH3 is 1. The van der Waals surface area contributed by atoms with Crippen LogP contribution in [0.5, 0.6) is 5.75 Å². The van der Waals surface area contributed by atoms with E-state index in [4.69, 9.17) is 5.73 Å². The lowest BCUT2D eigenvalue weighted by Gasteiger charge is -2.12. The first-order valence-corrected chi connectivity index (χ1v) is 4.52. The first kappa shape index (κ1) is 13.3. The Morgan fingerprint density at radius 1 is 1.41 bits per heavy atom. The molecule has 1 aromatic carbocycles. The number of hydrogen-bond donors (Lipinski definition) is 1. The summed E-state index contributed by atoms with van der Waals surface area (Å²) in [5, 5.41) is 0. The molecule has 7 heteroatoms. The van der Waals surface area contributed by atoms with E-state index in [0.29, 0.717) is 0 Å². The van der Waals surface area contributed by atoms with Crippen molar-refractivity contribution in [3.8, 4) is 5.75 Å². The fraction of sp³-hybridized carbons (Fsp3) is 0.300. The van der Waals surface area contributed by atoms with Crippen LogP contribution in [-0.2, 0) is 9.53 Å². The molecule has 17 heavy (non-hydrogen) atoms. The summed E-state index contributed by atoms with van der Waals surface area (Å²) in [6, 6.07) is 3.72. The van der Waals surface area contributed by atoms with Gasteiger partial charge in [-0.2, -0.15) is 0 Å². The summed E-state index contributed by atoms with van der Waals surface area (Å²) in [6.45, 7) is 0. The Bertz CT molecular complexity index is 406. The molecule has 1 aromatic rings. The molecule has 0 saturated heterocycles. The third-order valence-corrected chi connectivity index (χ3v) is 1.91. The molecule has 0 fully saturated rings. The van der Waals surface area contributed by atoms with Crippen LogP contribution in [0.4, 0.5) is 13.2 Å². The predicted octanol–water partition coefficient (Wildman–Crippen LogP) is 1.76. The summed E-state index contributed by atoms with van der Waals surface area (Å²) in [7, 11) is 1.14. The fourth-order valence-corrected chi connectivity index (χ4v) is 1.17. The molecule has 1 unspecified atom stereocenters. The van der Waals surface area contributed by atoms with Crippen LogP contribution in [0.3, 0.4) is 0 Å². The fourth-order valence-electron chi connectivity index (χ4n) is 1.17. The van der Waals surface area contributed by atoms with Gasteiger partial charge < -0.3 is 15.2 Å². The molecule has 1 atom stereocenters. The van der Waals surface area contributed by atoms with Gasteiger partial charge in [-0.15, -0.1) is 13.2 Å². The van der Waals surface area contributed by atoms with Gasteiger partial charge in [0.05, 0.1) is 7.11 Å². The van der Waals surface area contributed by atoms with Crippen molar-refractivity contribution in [1.29, 1.82) is 0 Å². The SMILES string of the molecule is COC(=O)C(N)c1cccc(OC(F)(F)F)c1. The van der Waals surface area contributed by atoms with Crippen LogP contribution in [-0.4, -0.2) is 19.4 Å².